The van der Waals surface area contributed by atoms with Crippen LogP contribution in [0.5, 0.6) is 0 Å². The van der Waals surface area contributed by atoms with Crippen LogP contribution in [-0.4, -0.2) is 59.3 Å². The van der Waals surface area contributed by atoms with Gasteiger partial charge < -0.3 is 0 Å². The molecule has 0 aromatic rings. The molecule has 0 fully saturated rings. The normalized spacial score (nSPS) is 25.5. The van der Waals surface area contributed by atoms with Gasteiger partial charge in [-0.3, -0.25) is 0 Å². The molecule has 2 aliphatic rings. The Morgan fingerprint density at radius 2 is 1.38 bits per heavy atom. The van der Waals surface area contributed by atoms with E-state index in [4.69, 9.17) is 15.7 Å². The van der Waals surface area contributed by atoms with Crippen LogP contribution in [-0.2, 0) is 23.5 Å². The van der Waals surface area contributed by atoms with Crippen molar-refractivity contribution in [2.45, 2.75) is 7.87 Å². The van der Waals surface area contributed by atoms with E-state index in [9.17, 15) is 3.08 Å². The molecule has 1 nitrogen and oxygen atoms in total. The molecule has 0 amide bonds. The number of hydrogen-bond donors (Lipinski definition) is 0. The van der Waals surface area contributed by atoms with Crippen molar-refractivity contribution in [1.29, 1.82) is 0 Å². The van der Waals surface area contributed by atoms with Crippen LogP contribution in [0.25, 0.3) is 0 Å². The Hall–Kier alpha value is 1.15. The van der Waals surface area contributed by atoms with Gasteiger partial charge in [0.2, 0.25) is 0 Å². The second kappa shape index (κ2) is 7.55. The third-order valence-corrected chi connectivity index (χ3v) is 8.19. The van der Waals surface area contributed by atoms with E-state index in [0.717, 1.165) is 10.9 Å². The van der Waals surface area contributed by atoms with Crippen LogP contribution in [0, 0.1) is 0 Å². The van der Waals surface area contributed by atoms with Gasteiger partial charge in [0.25, 0.3) is 0 Å². The Bertz CT molecular complexity index is 366. The van der Waals surface area contributed by atoms with Gasteiger partial charge in [0.15, 0.2) is 0 Å². The molecule has 0 saturated heterocycles. The van der Waals surface area contributed by atoms with Gasteiger partial charge in [0.05, 0.1) is 0 Å². The van der Waals surface area contributed by atoms with E-state index < -0.39 is 19.7 Å². The van der Waals surface area contributed by atoms with Crippen LogP contribution >= 0.6 is 0 Å². The standard InChI is InChI=1S/2C5H4B.O.Re.2Sn.H/c2*6-5-3-1-2-4-5;;;;;/h2*1-4H;;;;;. The van der Waals surface area contributed by atoms with Gasteiger partial charge in [-0.1, -0.05) is 0 Å². The van der Waals surface area contributed by atoms with Crippen LogP contribution in [0.1, 0.15) is 0 Å². The summed E-state index contributed by atoms with van der Waals surface area (Å²) in [5, 5.41) is 0. The first kappa shape index (κ1) is 17.1. The summed E-state index contributed by atoms with van der Waals surface area (Å²) in [6.07, 6.45) is 11.3. The Morgan fingerprint density at radius 3 is 1.62 bits per heavy atom. The Kier molecular flexibility index (Phi) is 8.10. The molecular weight excluding hydrogens is 581 g/mol. The average molecular weight is 590 g/mol. The molecule has 2 aliphatic carbocycles. The van der Waals surface area contributed by atoms with Crippen LogP contribution in [0.3, 0.4) is 0 Å². The van der Waals surface area contributed by atoms with Gasteiger partial charge >= 0.3 is 118 Å². The molecular formula is C10H9B2OReSn2. The van der Waals surface area contributed by atoms with Crippen LogP contribution < -0.4 is 0 Å². The van der Waals surface area contributed by atoms with Crippen LogP contribution in [0.2, 0.25) is 7.87 Å². The minimum absolute atomic E-state index is 0. The first-order valence-corrected chi connectivity index (χ1v) is 8.97. The third-order valence-electron chi connectivity index (χ3n) is 2.39. The molecule has 0 N–H and O–H groups in total. The van der Waals surface area contributed by atoms with Crippen molar-refractivity contribution in [1.82, 2.24) is 0 Å². The maximum absolute atomic E-state index is 12.1. The van der Waals surface area contributed by atoms with E-state index >= 15 is 0 Å². The number of hydrogen-bond acceptors (Lipinski definition) is 1. The first-order chi connectivity index (χ1) is 6.66. The summed E-state index contributed by atoms with van der Waals surface area (Å²) in [5.41, 5.74) is 1.45. The maximum atomic E-state index is 12.1. The molecule has 76 valence electrons. The van der Waals surface area contributed by atoms with E-state index in [-0.39, 0.29) is 52.2 Å². The van der Waals surface area contributed by atoms with Crippen molar-refractivity contribution in [3.8, 4) is 0 Å². The van der Waals surface area contributed by atoms with Gasteiger partial charge in [-0.15, -0.1) is 0 Å². The zero-order chi connectivity index (χ0) is 10.1. The second-order valence-corrected chi connectivity index (χ2v) is 9.61. The van der Waals surface area contributed by atoms with Gasteiger partial charge in [-0.05, 0) is 0 Å². The van der Waals surface area contributed by atoms with E-state index in [0.29, 0.717) is 0 Å². The Morgan fingerprint density at radius 1 is 1.00 bits per heavy atom. The van der Waals surface area contributed by atoms with Gasteiger partial charge in [-0.25, -0.2) is 0 Å². The monoisotopic (exact) mass is 594 g/mol. The predicted octanol–water partition coefficient (Wildman–Crippen LogP) is 0.742. The quantitative estimate of drug-likeness (QED) is 0.435. The molecule has 0 aromatic heterocycles. The molecule has 2 atom stereocenters. The average Bonchev–Trinajstić information content (AvgIpc) is 2.73. The molecule has 0 saturated carbocycles. The predicted molar refractivity (Wildman–Crippen MR) is 67.0 cm³/mol. The fourth-order valence-electron chi connectivity index (χ4n) is 1.64. The second-order valence-electron chi connectivity index (χ2n) is 3.51. The molecule has 0 spiro atoms. The van der Waals surface area contributed by atoms with Crippen molar-refractivity contribution in [2.24, 2.45) is 0 Å². The summed E-state index contributed by atoms with van der Waals surface area (Å²) in [7, 11) is 11.2. The third kappa shape index (κ3) is 4.11. The fourth-order valence-corrected chi connectivity index (χ4v) is 6.58. The van der Waals surface area contributed by atoms with Crippen molar-refractivity contribution in [3.63, 3.8) is 0 Å². The summed E-state index contributed by atoms with van der Waals surface area (Å²) >= 11 is -2.70. The molecule has 16 heavy (non-hydrogen) atoms. The summed E-state index contributed by atoms with van der Waals surface area (Å²) in [5.74, 6) is 0. The van der Waals surface area contributed by atoms with E-state index in [2.05, 4.69) is 0 Å². The molecule has 0 bridgehead atoms. The fraction of sp³-hybridized carbons (Fsp3) is 0.200. The molecule has 0 aromatic carbocycles. The topological polar surface area (TPSA) is 17.1 Å². The van der Waals surface area contributed by atoms with E-state index in [1.807, 2.05) is 36.5 Å². The van der Waals surface area contributed by atoms with Crippen LogP contribution in [0.4, 0.5) is 0 Å². The molecule has 0 aliphatic heterocycles. The number of allylic oxidation sites excluding steroid dienone is 8. The zero-order valence-electron chi connectivity index (χ0n) is 8.64. The molecule has 2 unspecified atom stereocenters. The summed E-state index contributed by atoms with van der Waals surface area (Å²) in [4.78, 5) is 0. The molecule has 0 heterocycles. The van der Waals surface area contributed by atoms with Crippen molar-refractivity contribution in [3.05, 3.63) is 47.4 Å². The Labute approximate surface area is 136 Å². The zero-order valence-corrected chi connectivity index (χ0v) is 17.5. The van der Waals surface area contributed by atoms with Crippen LogP contribution in [0.15, 0.2) is 47.4 Å². The molecule has 6 heteroatoms. The Balaban J connectivity index is 0.00000112. The summed E-state index contributed by atoms with van der Waals surface area (Å²) < 4.78 is 12.3. The van der Waals surface area contributed by atoms with Crippen molar-refractivity contribution < 1.29 is 23.5 Å². The first-order valence-electron chi connectivity index (χ1n) is 4.51. The summed E-state index contributed by atoms with van der Waals surface area (Å²) in [6, 6.07) is 0. The van der Waals surface area contributed by atoms with E-state index in [1.165, 1.54) is 0 Å². The van der Waals surface area contributed by atoms with Gasteiger partial charge in [0, 0.05) is 20.4 Å². The number of rotatable bonds is 2. The molecule has 2 rings (SSSR count). The minimum atomic E-state index is -2.70. The van der Waals surface area contributed by atoms with Gasteiger partial charge in [-0.2, -0.15) is 0 Å². The van der Waals surface area contributed by atoms with Gasteiger partial charge in [0.1, 0.15) is 0 Å². The van der Waals surface area contributed by atoms with Crippen molar-refractivity contribution in [2.75, 3.05) is 0 Å². The van der Waals surface area contributed by atoms with E-state index in [1.54, 1.807) is 0 Å². The SMILES string of the molecule is [B]C1=C[CH]([Sn](=[O])[CH]2C=CC([B])=C2)C=C1.[Re].[SnH]. The summed E-state index contributed by atoms with van der Waals surface area (Å²) in [6.45, 7) is 0. The molecule has 8 radical (unpaired) electrons. The van der Waals surface area contributed by atoms with Crippen molar-refractivity contribution >= 4 is 59.3 Å².